The zero-order chi connectivity index (χ0) is 9.97. The van der Waals surface area contributed by atoms with Gasteiger partial charge in [-0.3, -0.25) is 14.5 Å². The van der Waals surface area contributed by atoms with Gasteiger partial charge in [0.1, 0.15) is 5.75 Å². The number of ether oxygens (including phenoxy) is 1. The third kappa shape index (κ3) is 1.37. The maximum atomic E-state index is 10.7. The van der Waals surface area contributed by atoms with Crippen molar-refractivity contribution in [1.82, 2.24) is 15.1 Å². The van der Waals surface area contributed by atoms with E-state index in [1.165, 1.54) is 13.3 Å². The van der Waals surface area contributed by atoms with Crippen LogP contribution in [0.2, 0.25) is 0 Å². The zero-order valence-corrected chi connectivity index (χ0v) is 7.35. The van der Waals surface area contributed by atoms with Gasteiger partial charge in [-0.2, -0.15) is 0 Å². The molecule has 1 N–H and O–H groups in total. The van der Waals surface area contributed by atoms with E-state index in [0.717, 1.165) is 0 Å². The molecule has 0 aliphatic heterocycles. The second-order valence-corrected chi connectivity index (χ2v) is 2.52. The van der Waals surface area contributed by atoms with Gasteiger partial charge in [0.05, 0.1) is 12.7 Å². The lowest BCUT2D eigenvalue weighted by atomic mass is 10.2. The van der Waals surface area contributed by atoms with Crippen LogP contribution in [0, 0.1) is 0 Å². The number of rotatable bonds is 2. The van der Waals surface area contributed by atoms with Gasteiger partial charge in [0.2, 0.25) is 0 Å². The number of pyridine rings is 1. The summed E-state index contributed by atoms with van der Waals surface area (Å²) < 4.78 is 9.44. The molecule has 0 amide bonds. The first kappa shape index (κ1) is 8.49. The van der Waals surface area contributed by atoms with Crippen molar-refractivity contribution in [3.8, 4) is 17.1 Å². The number of hydrogen-bond donors (Lipinski definition) is 1. The highest BCUT2D eigenvalue weighted by Gasteiger charge is 2.09. The molecule has 6 heteroatoms. The highest BCUT2D eigenvalue weighted by atomic mass is 16.5. The van der Waals surface area contributed by atoms with E-state index in [2.05, 4.69) is 19.6 Å². The van der Waals surface area contributed by atoms with Crippen LogP contribution in [-0.4, -0.2) is 22.2 Å². The van der Waals surface area contributed by atoms with Crippen molar-refractivity contribution in [3.05, 3.63) is 29.0 Å². The van der Waals surface area contributed by atoms with E-state index in [4.69, 9.17) is 4.74 Å². The van der Waals surface area contributed by atoms with E-state index in [9.17, 15) is 4.79 Å². The van der Waals surface area contributed by atoms with Crippen LogP contribution in [-0.2, 0) is 0 Å². The van der Waals surface area contributed by atoms with E-state index in [-0.39, 0.29) is 0 Å². The van der Waals surface area contributed by atoms with Crippen molar-refractivity contribution in [1.29, 1.82) is 0 Å². The molecule has 14 heavy (non-hydrogen) atoms. The molecule has 2 rings (SSSR count). The van der Waals surface area contributed by atoms with E-state index in [1.54, 1.807) is 12.3 Å². The van der Waals surface area contributed by atoms with Crippen LogP contribution < -0.4 is 10.5 Å². The number of hydrogen-bond acceptors (Lipinski definition) is 5. The molecule has 0 unspecified atom stereocenters. The summed E-state index contributed by atoms with van der Waals surface area (Å²) in [5, 5.41) is 3.53. The standard InChI is InChI=1S/C8H7N3O3/c1-13-6-2-3-9-4-5(6)7-10-8(12)14-11-7/h2-4H,1H3,(H,10,11,12). The Morgan fingerprint density at radius 2 is 2.43 bits per heavy atom. The van der Waals surface area contributed by atoms with Crippen LogP contribution >= 0.6 is 0 Å². The molecule has 72 valence electrons. The molecule has 0 saturated heterocycles. The van der Waals surface area contributed by atoms with Crippen LogP contribution in [0.4, 0.5) is 0 Å². The van der Waals surface area contributed by atoms with Gasteiger partial charge in [-0.25, -0.2) is 4.79 Å². The first-order chi connectivity index (χ1) is 6.81. The minimum atomic E-state index is -0.606. The van der Waals surface area contributed by atoms with Crippen LogP contribution in [0.15, 0.2) is 27.8 Å². The Bertz CT molecular complexity index is 488. The molecule has 0 aliphatic rings. The van der Waals surface area contributed by atoms with Gasteiger partial charge in [-0.15, -0.1) is 0 Å². The molecule has 2 aromatic rings. The Hall–Kier alpha value is -2.11. The molecule has 2 heterocycles. The Balaban J connectivity index is 2.55. The second kappa shape index (κ2) is 3.33. The molecule has 0 bridgehead atoms. The van der Waals surface area contributed by atoms with Crippen molar-refractivity contribution in [3.63, 3.8) is 0 Å². The SMILES string of the molecule is COc1ccncc1-c1noc(=O)[nH]1. The van der Waals surface area contributed by atoms with E-state index >= 15 is 0 Å². The minimum Gasteiger partial charge on any atom is -0.496 e. The maximum Gasteiger partial charge on any atom is 0.439 e. The Morgan fingerprint density at radius 3 is 3.07 bits per heavy atom. The molecule has 0 fully saturated rings. The summed E-state index contributed by atoms with van der Waals surface area (Å²) in [6, 6.07) is 1.67. The summed E-state index contributed by atoms with van der Waals surface area (Å²) in [6.45, 7) is 0. The Kier molecular flexibility index (Phi) is 2.02. The molecule has 0 aliphatic carbocycles. The highest BCUT2D eigenvalue weighted by molar-refractivity contribution is 5.61. The van der Waals surface area contributed by atoms with Gasteiger partial charge in [0, 0.05) is 12.4 Å². The molecule has 0 spiro atoms. The summed E-state index contributed by atoms with van der Waals surface area (Å²) in [5.41, 5.74) is 0.584. The minimum absolute atomic E-state index is 0.306. The van der Waals surface area contributed by atoms with Gasteiger partial charge in [-0.1, -0.05) is 5.16 Å². The van der Waals surface area contributed by atoms with Crippen molar-refractivity contribution in [2.45, 2.75) is 0 Å². The number of nitrogens with zero attached hydrogens (tertiary/aromatic N) is 2. The third-order valence-electron chi connectivity index (χ3n) is 1.70. The normalized spacial score (nSPS) is 10.1. The lowest BCUT2D eigenvalue weighted by Crippen LogP contribution is -1.96. The molecule has 0 radical (unpaired) electrons. The average molecular weight is 193 g/mol. The quantitative estimate of drug-likeness (QED) is 0.748. The predicted molar refractivity (Wildman–Crippen MR) is 46.9 cm³/mol. The fraction of sp³-hybridized carbons (Fsp3) is 0.125. The van der Waals surface area contributed by atoms with Gasteiger partial charge < -0.3 is 4.74 Å². The summed E-state index contributed by atoms with van der Waals surface area (Å²) in [5.74, 6) is 0.274. The third-order valence-corrected chi connectivity index (χ3v) is 1.70. The molecule has 6 nitrogen and oxygen atoms in total. The summed E-state index contributed by atoms with van der Waals surface area (Å²) >= 11 is 0. The number of aromatic amines is 1. The van der Waals surface area contributed by atoms with Gasteiger partial charge >= 0.3 is 5.76 Å². The van der Waals surface area contributed by atoms with Crippen molar-refractivity contribution in [2.24, 2.45) is 0 Å². The molecule has 0 saturated carbocycles. The molecule has 2 aromatic heterocycles. The molecule has 0 atom stereocenters. The molecule has 0 aromatic carbocycles. The van der Waals surface area contributed by atoms with E-state index in [1.807, 2.05) is 0 Å². The van der Waals surface area contributed by atoms with Crippen LogP contribution in [0.25, 0.3) is 11.4 Å². The summed E-state index contributed by atoms with van der Waals surface area (Å²) in [4.78, 5) is 17.0. The van der Waals surface area contributed by atoms with Crippen LogP contribution in [0.5, 0.6) is 5.75 Å². The first-order valence-electron chi connectivity index (χ1n) is 3.85. The predicted octanol–water partition coefficient (Wildman–Crippen LogP) is 0.433. The van der Waals surface area contributed by atoms with E-state index < -0.39 is 5.76 Å². The fourth-order valence-corrected chi connectivity index (χ4v) is 1.08. The van der Waals surface area contributed by atoms with Crippen LogP contribution in [0.1, 0.15) is 0 Å². The van der Waals surface area contributed by atoms with Crippen molar-refractivity contribution in [2.75, 3.05) is 7.11 Å². The van der Waals surface area contributed by atoms with Gasteiger partial charge in [0.25, 0.3) is 0 Å². The topological polar surface area (TPSA) is 81.0 Å². The maximum absolute atomic E-state index is 10.7. The number of nitrogens with one attached hydrogen (secondary N) is 1. The fourth-order valence-electron chi connectivity index (χ4n) is 1.08. The second-order valence-electron chi connectivity index (χ2n) is 2.52. The highest BCUT2D eigenvalue weighted by Crippen LogP contribution is 2.24. The number of aromatic nitrogens is 3. The van der Waals surface area contributed by atoms with Crippen molar-refractivity contribution < 1.29 is 9.26 Å². The zero-order valence-electron chi connectivity index (χ0n) is 7.35. The number of H-pyrrole nitrogens is 1. The number of methoxy groups -OCH3 is 1. The van der Waals surface area contributed by atoms with Crippen molar-refractivity contribution >= 4 is 0 Å². The smallest absolute Gasteiger partial charge is 0.439 e. The van der Waals surface area contributed by atoms with Gasteiger partial charge in [-0.05, 0) is 6.07 Å². The largest absolute Gasteiger partial charge is 0.496 e. The lowest BCUT2D eigenvalue weighted by molar-refractivity contribution is 0.386. The molecular weight excluding hydrogens is 186 g/mol. The average Bonchev–Trinajstić information content (AvgIpc) is 2.65. The van der Waals surface area contributed by atoms with E-state index in [0.29, 0.717) is 17.1 Å². The molecular formula is C8H7N3O3. The summed E-state index contributed by atoms with van der Waals surface area (Å²) in [6.07, 6.45) is 3.12. The Morgan fingerprint density at radius 1 is 1.57 bits per heavy atom. The lowest BCUT2D eigenvalue weighted by Gasteiger charge is -2.02. The Labute approximate surface area is 78.5 Å². The van der Waals surface area contributed by atoms with Gasteiger partial charge in [0.15, 0.2) is 5.82 Å². The van der Waals surface area contributed by atoms with Crippen LogP contribution in [0.3, 0.4) is 0 Å². The monoisotopic (exact) mass is 193 g/mol. The summed E-state index contributed by atoms with van der Waals surface area (Å²) in [7, 11) is 1.52. The first-order valence-corrected chi connectivity index (χ1v) is 3.85.